The Morgan fingerprint density at radius 1 is 1.00 bits per heavy atom. The van der Waals surface area contributed by atoms with Crippen molar-refractivity contribution >= 4 is 17.6 Å². The smallest absolute Gasteiger partial charge is 0.311 e. The number of halogens is 1. The molecule has 0 aliphatic heterocycles. The van der Waals surface area contributed by atoms with E-state index in [-0.39, 0.29) is 5.97 Å². The molecule has 0 unspecified atom stereocenters. The van der Waals surface area contributed by atoms with E-state index in [4.69, 9.17) is 21.1 Å². The van der Waals surface area contributed by atoms with Gasteiger partial charge in [-0.05, 0) is 55.3 Å². The molecule has 0 spiro atoms. The van der Waals surface area contributed by atoms with Crippen molar-refractivity contribution in [1.29, 1.82) is 0 Å². The molecule has 110 valence electrons. The summed E-state index contributed by atoms with van der Waals surface area (Å²) in [5, 5.41) is 0.615. The van der Waals surface area contributed by atoms with Crippen LogP contribution in [0.3, 0.4) is 0 Å². The van der Waals surface area contributed by atoms with Gasteiger partial charge in [0.25, 0.3) is 0 Å². The average Bonchev–Trinajstić information content (AvgIpc) is 2.49. The zero-order chi connectivity index (χ0) is 15.1. The second-order valence-corrected chi connectivity index (χ2v) is 4.94. The van der Waals surface area contributed by atoms with E-state index in [1.807, 2.05) is 31.2 Å². The Balaban J connectivity index is 1.81. The van der Waals surface area contributed by atoms with Gasteiger partial charge >= 0.3 is 5.97 Å². The van der Waals surface area contributed by atoms with Crippen molar-refractivity contribution in [3.05, 3.63) is 59.1 Å². The number of ether oxygens (including phenoxy) is 2. The fourth-order valence-corrected chi connectivity index (χ4v) is 1.98. The van der Waals surface area contributed by atoms with Crippen LogP contribution in [-0.2, 0) is 11.2 Å². The molecule has 2 aromatic carbocycles. The van der Waals surface area contributed by atoms with Crippen molar-refractivity contribution in [1.82, 2.24) is 0 Å². The normalized spacial score (nSPS) is 10.2. The molecule has 0 aromatic heterocycles. The summed E-state index contributed by atoms with van der Waals surface area (Å²) in [7, 11) is 0. The van der Waals surface area contributed by atoms with Gasteiger partial charge in [-0.1, -0.05) is 23.7 Å². The van der Waals surface area contributed by atoms with E-state index in [1.54, 1.807) is 24.3 Å². The maximum absolute atomic E-state index is 11.8. The molecular formula is C17H17ClO3. The lowest BCUT2D eigenvalue weighted by molar-refractivity contribution is -0.134. The number of esters is 1. The maximum Gasteiger partial charge on any atom is 0.311 e. The molecule has 0 atom stereocenters. The largest absolute Gasteiger partial charge is 0.494 e. The van der Waals surface area contributed by atoms with Gasteiger partial charge in [-0.25, -0.2) is 0 Å². The third-order valence-electron chi connectivity index (χ3n) is 2.90. The highest BCUT2D eigenvalue weighted by molar-refractivity contribution is 6.30. The van der Waals surface area contributed by atoms with Crippen molar-refractivity contribution in [3.63, 3.8) is 0 Å². The molecule has 0 aliphatic carbocycles. The fraction of sp³-hybridized carbons (Fsp3) is 0.235. The Morgan fingerprint density at radius 3 is 2.24 bits per heavy atom. The molecule has 3 nitrogen and oxygen atoms in total. The van der Waals surface area contributed by atoms with Crippen LogP contribution in [0.15, 0.2) is 48.5 Å². The predicted octanol–water partition coefficient (Wildman–Crippen LogP) is 4.28. The maximum atomic E-state index is 11.8. The SMILES string of the molecule is CCOc1ccc(CCC(=O)Oc2ccc(Cl)cc2)cc1. The first kappa shape index (κ1) is 15.4. The first-order chi connectivity index (χ1) is 10.2. The zero-order valence-corrected chi connectivity index (χ0v) is 12.6. The molecular weight excluding hydrogens is 288 g/mol. The Bertz CT molecular complexity index is 576. The molecule has 4 heteroatoms. The van der Waals surface area contributed by atoms with Crippen molar-refractivity contribution in [2.24, 2.45) is 0 Å². The Morgan fingerprint density at radius 2 is 1.62 bits per heavy atom. The lowest BCUT2D eigenvalue weighted by Gasteiger charge is -2.06. The predicted molar refractivity (Wildman–Crippen MR) is 83.0 cm³/mol. The number of hydrogen-bond acceptors (Lipinski definition) is 3. The van der Waals surface area contributed by atoms with Gasteiger partial charge in [0.15, 0.2) is 0 Å². The van der Waals surface area contributed by atoms with E-state index in [0.29, 0.717) is 30.2 Å². The molecule has 0 N–H and O–H groups in total. The minimum atomic E-state index is -0.258. The minimum absolute atomic E-state index is 0.258. The van der Waals surface area contributed by atoms with E-state index in [0.717, 1.165) is 11.3 Å². The van der Waals surface area contributed by atoms with Gasteiger partial charge in [-0.3, -0.25) is 4.79 Å². The number of carbonyl (C=O) groups is 1. The van der Waals surface area contributed by atoms with Crippen LogP contribution in [0.2, 0.25) is 5.02 Å². The van der Waals surface area contributed by atoms with Crippen molar-refractivity contribution < 1.29 is 14.3 Å². The van der Waals surface area contributed by atoms with Gasteiger partial charge in [0.2, 0.25) is 0 Å². The molecule has 2 aromatic rings. The number of aryl methyl sites for hydroxylation is 1. The van der Waals surface area contributed by atoms with Crippen LogP contribution in [0.25, 0.3) is 0 Å². The standard InChI is InChI=1S/C17H17ClO3/c1-2-20-15-8-3-13(4-9-15)5-12-17(19)21-16-10-6-14(18)7-11-16/h3-4,6-11H,2,5,12H2,1H3. The van der Waals surface area contributed by atoms with E-state index in [2.05, 4.69) is 0 Å². The highest BCUT2D eigenvalue weighted by atomic mass is 35.5. The molecule has 0 saturated carbocycles. The lowest BCUT2D eigenvalue weighted by atomic mass is 10.1. The van der Waals surface area contributed by atoms with Gasteiger partial charge < -0.3 is 9.47 Å². The Labute approximate surface area is 129 Å². The molecule has 2 rings (SSSR count). The number of carbonyl (C=O) groups excluding carboxylic acids is 1. The van der Waals surface area contributed by atoms with Crippen LogP contribution in [-0.4, -0.2) is 12.6 Å². The first-order valence-corrected chi connectivity index (χ1v) is 7.23. The zero-order valence-electron chi connectivity index (χ0n) is 11.8. The highest BCUT2D eigenvalue weighted by Gasteiger charge is 2.06. The number of hydrogen-bond donors (Lipinski definition) is 0. The van der Waals surface area contributed by atoms with E-state index in [1.165, 1.54) is 0 Å². The molecule has 0 heterocycles. The molecule has 21 heavy (non-hydrogen) atoms. The molecule has 0 saturated heterocycles. The topological polar surface area (TPSA) is 35.5 Å². The highest BCUT2D eigenvalue weighted by Crippen LogP contribution is 2.17. The van der Waals surface area contributed by atoms with Crippen LogP contribution in [0.4, 0.5) is 0 Å². The lowest BCUT2D eigenvalue weighted by Crippen LogP contribution is -2.08. The van der Waals surface area contributed by atoms with Gasteiger partial charge in [-0.2, -0.15) is 0 Å². The van der Waals surface area contributed by atoms with Crippen molar-refractivity contribution in [2.45, 2.75) is 19.8 Å². The van der Waals surface area contributed by atoms with Crippen molar-refractivity contribution in [3.8, 4) is 11.5 Å². The summed E-state index contributed by atoms with van der Waals surface area (Å²) < 4.78 is 10.6. The number of rotatable bonds is 6. The molecule has 0 radical (unpaired) electrons. The monoisotopic (exact) mass is 304 g/mol. The Hall–Kier alpha value is -2.00. The second-order valence-electron chi connectivity index (χ2n) is 4.50. The summed E-state index contributed by atoms with van der Waals surface area (Å²) in [6.07, 6.45) is 0.968. The molecule has 0 amide bonds. The van der Waals surface area contributed by atoms with Crippen LogP contribution < -0.4 is 9.47 Å². The van der Waals surface area contributed by atoms with Gasteiger partial charge in [-0.15, -0.1) is 0 Å². The molecule has 0 aliphatic rings. The minimum Gasteiger partial charge on any atom is -0.494 e. The summed E-state index contributed by atoms with van der Waals surface area (Å²) in [6, 6.07) is 14.5. The first-order valence-electron chi connectivity index (χ1n) is 6.85. The number of benzene rings is 2. The second kappa shape index (κ2) is 7.70. The van der Waals surface area contributed by atoms with E-state index in [9.17, 15) is 4.79 Å². The fourth-order valence-electron chi connectivity index (χ4n) is 1.85. The third-order valence-corrected chi connectivity index (χ3v) is 3.15. The van der Waals surface area contributed by atoms with Crippen LogP contribution in [0, 0.1) is 0 Å². The van der Waals surface area contributed by atoms with Crippen LogP contribution in [0.1, 0.15) is 18.9 Å². The van der Waals surface area contributed by atoms with Crippen LogP contribution >= 0.6 is 11.6 Å². The average molecular weight is 305 g/mol. The summed E-state index contributed by atoms with van der Waals surface area (Å²) in [6.45, 7) is 2.59. The summed E-state index contributed by atoms with van der Waals surface area (Å²) >= 11 is 5.77. The molecule has 0 fully saturated rings. The Kier molecular flexibility index (Phi) is 5.64. The summed E-state index contributed by atoms with van der Waals surface area (Å²) in [5.74, 6) is 1.09. The van der Waals surface area contributed by atoms with Gasteiger partial charge in [0, 0.05) is 11.4 Å². The molecule has 0 bridgehead atoms. The van der Waals surface area contributed by atoms with E-state index >= 15 is 0 Å². The van der Waals surface area contributed by atoms with Crippen LogP contribution in [0.5, 0.6) is 11.5 Å². The summed E-state index contributed by atoms with van der Waals surface area (Å²) in [4.78, 5) is 11.8. The summed E-state index contributed by atoms with van der Waals surface area (Å²) in [5.41, 5.74) is 1.08. The van der Waals surface area contributed by atoms with Gasteiger partial charge in [0.05, 0.1) is 6.61 Å². The van der Waals surface area contributed by atoms with E-state index < -0.39 is 0 Å². The van der Waals surface area contributed by atoms with Gasteiger partial charge in [0.1, 0.15) is 11.5 Å². The van der Waals surface area contributed by atoms with Crippen molar-refractivity contribution in [2.75, 3.05) is 6.61 Å². The third kappa shape index (κ3) is 5.12. The quantitative estimate of drug-likeness (QED) is 0.590.